The van der Waals surface area contributed by atoms with Crippen molar-refractivity contribution in [1.29, 1.82) is 0 Å². The average molecular weight is 501 g/mol. The number of nitrogens with two attached hydrogens (primary N) is 3. The van der Waals surface area contributed by atoms with Gasteiger partial charge in [-0.3, -0.25) is 0 Å². The third-order valence-corrected chi connectivity index (χ3v) is 6.78. The van der Waals surface area contributed by atoms with E-state index in [1.165, 1.54) is 10.5 Å². The minimum absolute atomic E-state index is 0.0684. The maximum absolute atomic E-state index is 13.2. The van der Waals surface area contributed by atoms with Gasteiger partial charge in [-0.25, -0.2) is 4.98 Å². The Kier molecular flexibility index (Phi) is 7.24. The Bertz CT molecular complexity index is 1310. The molecule has 1 aliphatic rings. The number of anilines is 3. The molecule has 0 bridgehead atoms. The Labute approximate surface area is 204 Å². The van der Waals surface area contributed by atoms with E-state index in [1.54, 1.807) is 24.3 Å². The molecule has 2 heterocycles. The molecule has 186 valence electrons. The highest BCUT2D eigenvalue weighted by Gasteiger charge is 2.29. The molecule has 1 fully saturated rings. The van der Waals surface area contributed by atoms with Crippen LogP contribution in [0.25, 0.3) is 11.1 Å². The Morgan fingerprint density at radius 2 is 1.83 bits per heavy atom. The summed E-state index contributed by atoms with van der Waals surface area (Å²) < 4.78 is 44.5. The van der Waals surface area contributed by atoms with E-state index in [4.69, 9.17) is 30.9 Å². The molecule has 2 aromatic carbocycles. The normalized spacial score (nSPS) is 14.5. The van der Waals surface area contributed by atoms with Gasteiger partial charge in [-0.05, 0) is 42.3 Å². The minimum Gasteiger partial charge on any atom is -0.493 e. The Balaban J connectivity index is 1.83. The van der Waals surface area contributed by atoms with E-state index < -0.39 is 10.3 Å². The summed E-state index contributed by atoms with van der Waals surface area (Å²) >= 11 is 0. The maximum atomic E-state index is 13.2. The van der Waals surface area contributed by atoms with E-state index in [-0.39, 0.29) is 30.6 Å². The SMILES string of the molecule is CCOc1cc(Cc2cnc(N)nc2N)cc(OS(=O)(=O)N2CCOCC2)c1-c1cccc(N)c1. The summed E-state index contributed by atoms with van der Waals surface area (Å²) in [7, 11) is -4.11. The van der Waals surface area contributed by atoms with Crippen molar-refractivity contribution in [2.24, 2.45) is 0 Å². The standard InChI is InChI=1S/C23H28N6O5S/c1-2-33-19-11-15(10-17-14-27-23(26)28-22(17)25)12-20(21(19)16-4-3-5-18(24)13-16)34-35(30,31)29-6-8-32-9-7-29/h3-5,11-14H,2,6-10,24H2,1H3,(H4,25,26,27,28). The van der Waals surface area contributed by atoms with Gasteiger partial charge in [-0.15, -0.1) is 0 Å². The minimum atomic E-state index is -4.11. The summed E-state index contributed by atoms with van der Waals surface area (Å²) in [6.07, 6.45) is 1.84. The van der Waals surface area contributed by atoms with E-state index in [2.05, 4.69) is 9.97 Å². The number of nitrogen functional groups attached to an aromatic ring is 3. The lowest BCUT2D eigenvalue weighted by Gasteiger charge is -2.26. The van der Waals surface area contributed by atoms with Gasteiger partial charge in [0.25, 0.3) is 0 Å². The lowest BCUT2D eigenvalue weighted by atomic mass is 9.98. The first-order valence-corrected chi connectivity index (χ1v) is 12.4. The number of aromatic nitrogens is 2. The largest absolute Gasteiger partial charge is 0.493 e. The van der Waals surface area contributed by atoms with Gasteiger partial charge in [-0.2, -0.15) is 17.7 Å². The molecule has 0 atom stereocenters. The number of nitrogens with zero attached hydrogens (tertiary/aromatic N) is 3. The molecule has 35 heavy (non-hydrogen) atoms. The number of hydrogen-bond acceptors (Lipinski definition) is 10. The first kappa shape index (κ1) is 24.5. The van der Waals surface area contributed by atoms with Crippen LogP contribution in [0.2, 0.25) is 0 Å². The van der Waals surface area contributed by atoms with Gasteiger partial charge < -0.3 is 30.9 Å². The van der Waals surface area contributed by atoms with Crippen molar-refractivity contribution in [2.45, 2.75) is 13.3 Å². The summed E-state index contributed by atoms with van der Waals surface area (Å²) in [4.78, 5) is 8.01. The predicted molar refractivity (Wildman–Crippen MR) is 133 cm³/mol. The molecule has 11 nitrogen and oxygen atoms in total. The number of benzene rings is 2. The second kappa shape index (κ2) is 10.3. The Morgan fingerprint density at radius 1 is 1.09 bits per heavy atom. The average Bonchev–Trinajstić information content (AvgIpc) is 2.81. The van der Waals surface area contributed by atoms with E-state index in [0.717, 1.165) is 0 Å². The number of hydrogen-bond donors (Lipinski definition) is 3. The van der Waals surface area contributed by atoms with E-state index in [1.807, 2.05) is 19.1 Å². The molecule has 0 aliphatic carbocycles. The zero-order valence-corrected chi connectivity index (χ0v) is 20.1. The van der Waals surface area contributed by atoms with Crippen LogP contribution < -0.4 is 26.1 Å². The first-order chi connectivity index (χ1) is 16.8. The molecule has 0 spiro atoms. The summed E-state index contributed by atoms with van der Waals surface area (Å²) in [5, 5.41) is 0. The van der Waals surface area contributed by atoms with Crippen molar-refractivity contribution in [1.82, 2.24) is 14.3 Å². The smallest absolute Gasteiger partial charge is 0.385 e. The summed E-state index contributed by atoms with van der Waals surface area (Å²) in [6.45, 7) is 3.19. The predicted octanol–water partition coefficient (Wildman–Crippen LogP) is 1.84. The van der Waals surface area contributed by atoms with Crippen LogP contribution in [0.15, 0.2) is 42.6 Å². The molecule has 0 amide bonds. The van der Waals surface area contributed by atoms with Gasteiger partial charge in [0.1, 0.15) is 11.6 Å². The van der Waals surface area contributed by atoms with Crippen LogP contribution in [0.1, 0.15) is 18.1 Å². The van der Waals surface area contributed by atoms with Gasteiger partial charge in [0.15, 0.2) is 5.75 Å². The fourth-order valence-corrected chi connectivity index (χ4v) is 4.85. The second-order valence-corrected chi connectivity index (χ2v) is 9.43. The van der Waals surface area contributed by atoms with Crippen LogP contribution in [0.3, 0.4) is 0 Å². The summed E-state index contributed by atoms with van der Waals surface area (Å²) in [5.41, 5.74) is 20.6. The van der Waals surface area contributed by atoms with E-state index in [9.17, 15) is 8.42 Å². The van der Waals surface area contributed by atoms with Crippen LogP contribution in [-0.4, -0.2) is 55.6 Å². The highest BCUT2D eigenvalue weighted by molar-refractivity contribution is 7.84. The Hall–Kier alpha value is -3.61. The molecule has 4 rings (SSSR count). The summed E-state index contributed by atoms with van der Waals surface area (Å²) in [6, 6.07) is 10.5. The van der Waals surface area contributed by atoms with Gasteiger partial charge >= 0.3 is 10.3 Å². The molecular weight excluding hydrogens is 472 g/mol. The molecule has 1 aliphatic heterocycles. The van der Waals surface area contributed by atoms with Crippen LogP contribution in [0, 0.1) is 0 Å². The lowest BCUT2D eigenvalue weighted by Crippen LogP contribution is -2.42. The van der Waals surface area contributed by atoms with Crippen LogP contribution in [0.5, 0.6) is 11.5 Å². The quantitative estimate of drug-likeness (QED) is 0.388. The van der Waals surface area contributed by atoms with E-state index in [0.29, 0.717) is 59.9 Å². The van der Waals surface area contributed by atoms with Crippen LogP contribution in [-0.2, 0) is 21.5 Å². The monoisotopic (exact) mass is 500 g/mol. The van der Waals surface area contributed by atoms with E-state index >= 15 is 0 Å². The van der Waals surface area contributed by atoms with Crippen molar-refractivity contribution < 1.29 is 22.1 Å². The molecular formula is C23H28N6O5S. The molecule has 0 unspecified atom stereocenters. The maximum Gasteiger partial charge on any atom is 0.385 e. The van der Waals surface area contributed by atoms with Crippen molar-refractivity contribution in [3.05, 3.63) is 53.7 Å². The van der Waals surface area contributed by atoms with Gasteiger partial charge in [0.2, 0.25) is 5.95 Å². The third-order valence-electron chi connectivity index (χ3n) is 5.39. The zero-order chi connectivity index (χ0) is 25.0. The summed E-state index contributed by atoms with van der Waals surface area (Å²) in [5.74, 6) is 0.855. The molecule has 0 saturated carbocycles. The Morgan fingerprint density at radius 3 is 2.51 bits per heavy atom. The second-order valence-electron chi connectivity index (χ2n) is 7.89. The molecule has 1 saturated heterocycles. The molecule has 1 aromatic heterocycles. The lowest BCUT2D eigenvalue weighted by molar-refractivity contribution is 0.0698. The van der Waals surface area contributed by atoms with Crippen molar-refractivity contribution in [3.63, 3.8) is 0 Å². The number of rotatable bonds is 8. The third kappa shape index (κ3) is 5.73. The van der Waals surface area contributed by atoms with Gasteiger partial charge in [0.05, 0.1) is 25.4 Å². The highest BCUT2D eigenvalue weighted by Crippen LogP contribution is 2.42. The molecule has 3 aromatic rings. The fraction of sp³-hybridized carbons (Fsp3) is 0.304. The van der Waals surface area contributed by atoms with Gasteiger partial charge in [0, 0.05) is 37.0 Å². The van der Waals surface area contributed by atoms with Crippen molar-refractivity contribution >= 4 is 27.8 Å². The fourth-order valence-electron chi connectivity index (χ4n) is 3.79. The molecule has 0 radical (unpaired) electrons. The molecule has 12 heteroatoms. The molecule has 6 N–H and O–H groups in total. The number of ether oxygens (including phenoxy) is 2. The highest BCUT2D eigenvalue weighted by atomic mass is 32.2. The van der Waals surface area contributed by atoms with Crippen molar-refractivity contribution in [3.8, 4) is 22.6 Å². The first-order valence-electron chi connectivity index (χ1n) is 11.1. The van der Waals surface area contributed by atoms with Gasteiger partial charge in [-0.1, -0.05) is 12.1 Å². The topological polar surface area (TPSA) is 169 Å². The van der Waals surface area contributed by atoms with Crippen molar-refractivity contribution in [2.75, 3.05) is 50.1 Å². The number of morpholine rings is 1. The van der Waals surface area contributed by atoms with Crippen LogP contribution in [0.4, 0.5) is 17.5 Å². The van der Waals surface area contributed by atoms with Crippen LogP contribution >= 0.6 is 0 Å². The zero-order valence-electron chi connectivity index (χ0n) is 19.3.